The molecule has 1 aliphatic rings. The van der Waals surface area contributed by atoms with Gasteiger partial charge in [-0.1, -0.05) is 32.0 Å². The molecule has 0 bridgehead atoms. The number of fused-ring (bicyclic) bond motifs is 1. The lowest BCUT2D eigenvalue weighted by Gasteiger charge is -2.28. The van der Waals surface area contributed by atoms with Gasteiger partial charge >= 0.3 is 0 Å². The van der Waals surface area contributed by atoms with E-state index < -0.39 is 0 Å². The molecule has 1 atom stereocenters. The summed E-state index contributed by atoms with van der Waals surface area (Å²) in [5, 5.41) is 3.67. The first-order chi connectivity index (χ1) is 13.1. The fourth-order valence-electron chi connectivity index (χ4n) is 3.73. The maximum atomic E-state index is 6.02. The molecule has 0 spiro atoms. The van der Waals surface area contributed by atoms with Crippen molar-refractivity contribution in [1.29, 1.82) is 0 Å². The van der Waals surface area contributed by atoms with E-state index in [1.165, 1.54) is 22.4 Å². The molecule has 3 rings (SSSR count). The van der Waals surface area contributed by atoms with E-state index in [1.807, 2.05) is 0 Å². The highest BCUT2D eigenvalue weighted by molar-refractivity contribution is 5.49. The third kappa shape index (κ3) is 4.82. The Labute approximate surface area is 164 Å². The Kier molecular flexibility index (Phi) is 6.75. The van der Waals surface area contributed by atoms with Crippen LogP contribution >= 0.6 is 0 Å². The van der Waals surface area contributed by atoms with Crippen molar-refractivity contribution >= 4 is 5.69 Å². The first-order valence-electron chi connectivity index (χ1n) is 10.1. The van der Waals surface area contributed by atoms with Crippen LogP contribution < -0.4 is 15.0 Å². The van der Waals surface area contributed by atoms with E-state index in [0.717, 1.165) is 45.0 Å². The maximum Gasteiger partial charge on any atom is 0.119 e. The molecule has 0 saturated carbocycles. The monoisotopic (exact) mass is 367 g/mol. The minimum atomic E-state index is 0.259. The van der Waals surface area contributed by atoms with E-state index in [0.29, 0.717) is 0 Å². The summed E-state index contributed by atoms with van der Waals surface area (Å²) in [7, 11) is 4.15. The number of ether oxygens (including phenoxy) is 1. The molecule has 0 aliphatic carbocycles. The quantitative estimate of drug-likeness (QED) is 0.770. The summed E-state index contributed by atoms with van der Waals surface area (Å²) in [5.74, 6) is 0.990. The number of nitrogens with zero attached hydrogens (tertiary/aromatic N) is 2. The normalized spacial score (nSPS) is 16.3. The smallest absolute Gasteiger partial charge is 0.119 e. The van der Waals surface area contributed by atoms with Gasteiger partial charge in [-0.25, -0.2) is 0 Å². The Bertz CT molecular complexity index is 723. The number of anilines is 1. The van der Waals surface area contributed by atoms with Crippen LogP contribution in [0, 0.1) is 0 Å². The predicted octanol–water partition coefficient (Wildman–Crippen LogP) is 3.71. The van der Waals surface area contributed by atoms with Gasteiger partial charge in [-0.3, -0.25) is 0 Å². The van der Waals surface area contributed by atoms with Crippen molar-refractivity contribution in [1.82, 2.24) is 10.2 Å². The van der Waals surface area contributed by atoms with Crippen molar-refractivity contribution in [2.45, 2.75) is 26.3 Å². The van der Waals surface area contributed by atoms with Crippen LogP contribution in [0.15, 0.2) is 42.5 Å². The van der Waals surface area contributed by atoms with Crippen LogP contribution in [0.5, 0.6) is 5.75 Å². The first kappa shape index (κ1) is 19.7. The van der Waals surface area contributed by atoms with Crippen molar-refractivity contribution in [2.75, 3.05) is 51.8 Å². The molecule has 1 heterocycles. The Hall–Kier alpha value is -2.04. The number of likely N-dealkylation sites (N-methyl/N-ethyl adjacent to an activating group) is 1. The minimum absolute atomic E-state index is 0.259. The van der Waals surface area contributed by atoms with E-state index in [2.05, 4.69) is 85.5 Å². The van der Waals surface area contributed by atoms with Crippen LogP contribution in [0.2, 0.25) is 0 Å². The first-order valence-corrected chi connectivity index (χ1v) is 10.1. The molecule has 2 aromatic carbocycles. The number of nitrogens with one attached hydrogen (secondary N) is 1. The third-order valence-corrected chi connectivity index (χ3v) is 5.48. The van der Waals surface area contributed by atoms with Crippen molar-refractivity contribution in [2.24, 2.45) is 0 Å². The van der Waals surface area contributed by atoms with Crippen molar-refractivity contribution in [3.05, 3.63) is 59.2 Å². The Balaban J connectivity index is 1.71. The summed E-state index contributed by atoms with van der Waals surface area (Å²) >= 11 is 0. The van der Waals surface area contributed by atoms with Gasteiger partial charge in [0.1, 0.15) is 12.4 Å². The number of hydrogen-bond donors (Lipinski definition) is 1. The van der Waals surface area contributed by atoms with Gasteiger partial charge in [-0.05, 0) is 60.5 Å². The summed E-state index contributed by atoms with van der Waals surface area (Å²) < 4.78 is 6.02. The summed E-state index contributed by atoms with van der Waals surface area (Å²) in [6, 6.07) is 15.7. The molecule has 0 fully saturated rings. The predicted molar refractivity (Wildman–Crippen MR) is 114 cm³/mol. The highest BCUT2D eigenvalue weighted by Gasteiger charge is 2.21. The molecule has 2 aromatic rings. The maximum absolute atomic E-state index is 6.02. The standard InChI is InChI=1S/C23H33N3O/c1-5-26(6-2)15-16-27-21-11-12-22-19(17-21)13-14-24-23(22)18-7-9-20(10-8-18)25(3)4/h7-12,17,23-24H,5-6,13-16H2,1-4H3. The van der Waals surface area contributed by atoms with Crippen molar-refractivity contribution in [3.8, 4) is 5.75 Å². The lowest BCUT2D eigenvalue weighted by atomic mass is 9.89. The lowest BCUT2D eigenvalue weighted by Crippen LogP contribution is -2.30. The van der Waals surface area contributed by atoms with Gasteiger partial charge in [0, 0.05) is 32.9 Å². The zero-order valence-electron chi connectivity index (χ0n) is 17.2. The van der Waals surface area contributed by atoms with E-state index in [1.54, 1.807) is 0 Å². The highest BCUT2D eigenvalue weighted by atomic mass is 16.5. The van der Waals surface area contributed by atoms with Crippen LogP contribution in [-0.4, -0.2) is 51.8 Å². The Morgan fingerprint density at radius 3 is 2.44 bits per heavy atom. The molecule has 146 valence electrons. The average Bonchev–Trinajstić information content (AvgIpc) is 2.70. The number of hydrogen-bond acceptors (Lipinski definition) is 4. The minimum Gasteiger partial charge on any atom is -0.492 e. The molecule has 0 aromatic heterocycles. The van der Waals surface area contributed by atoms with E-state index in [9.17, 15) is 0 Å². The van der Waals surface area contributed by atoms with Crippen LogP contribution in [-0.2, 0) is 6.42 Å². The fraction of sp³-hybridized carbons (Fsp3) is 0.478. The summed E-state index contributed by atoms with van der Waals surface area (Å²) in [5.41, 5.74) is 5.31. The number of benzene rings is 2. The second-order valence-corrected chi connectivity index (χ2v) is 7.36. The van der Waals surface area contributed by atoms with Crippen molar-refractivity contribution < 1.29 is 4.74 Å². The molecular formula is C23H33N3O. The second-order valence-electron chi connectivity index (χ2n) is 7.36. The van der Waals surface area contributed by atoms with Gasteiger partial charge in [0.15, 0.2) is 0 Å². The molecule has 0 amide bonds. The van der Waals surface area contributed by atoms with Crippen LogP contribution in [0.3, 0.4) is 0 Å². The van der Waals surface area contributed by atoms with Crippen LogP contribution in [0.25, 0.3) is 0 Å². The summed E-state index contributed by atoms with van der Waals surface area (Å²) in [6.45, 7) is 9.26. The van der Waals surface area contributed by atoms with Gasteiger partial charge in [-0.2, -0.15) is 0 Å². The van der Waals surface area contributed by atoms with Gasteiger partial charge < -0.3 is 19.9 Å². The molecule has 4 heteroatoms. The molecule has 1 aliphatic heterocycles. The molecule has 4 nitrogen and oxygen atoms in total. The topological polar surface area (TPSA) is 27.7 Å². The molecule has 0 saturated heterocycles. The molecule has 1 N–H and O–H groups in total. The number of rotatable bonds is 8. The van der Waals surface area contributed by atoms with E-state index in [4.69, 9.17) is 4.74 Å². The average molecular weight is 368 g/mol. The van der Waals surface area contributed by atoms with Crippen LogP contribution in [0.4, 0.5) is 5.69 Å². The molecule has 27 heavy (non-hydrogen) atoms. The zero-order valence-corrected chi connectivity index (χ0v) is 17.2. The molecule has 1 unspecified atom stereocenters. The Morgan fingerprint density at radius 1 is 1.04 bits per heavy atom. The highest BCUT2D eigenvalue weighted by Crippen LogP contribution is 2.32. The fourth-order valence-corrected chi connectivity index (χ4v) is 3.73. The zero-order chi connectivity index (χ0) is 19.2. The van der Waals surface area contributed by atoms with Gasteiger partial charge in [0.2, 0.25) is 0 Å². The summed E-state index contributed by atoms with van der Waals surface area (Å²) in [4.78, 5) is 4.52. The molecular weight excluding hydrogens is 334 g/mol. The SMILES string of the molecule is CCN(CC)CCOc1ccc2c(c1)CCNC2c1ccc(N(C)C)cc1. The van der Waals surface area contributed by atoms with E-state index in [-0.39, 0.29) is 6.04 Å². The molecule has 0 radical (unpaired) electrons. The van der Waals surface area contributed by atoms with Gasteiger partial charge in [0.25, 0.3) is 0 Å². The van der Waals surface area contributed by atoms with Gasteiger partial charge in [0.05, 0.1) is 6.04 Å². The summed E-state index contributed by atoms with van der Waals surface area (Å²) in [6.07, 6.45) is 1.05. The Morgan fingerprint density at radius 2 is 1.78 bits per heavy atom. The lowest BCUT2D eigenvalue weighted by molar-refractivity contribution is 0.222. The largest absolute Gasteiger partial charge is 0.492 e. The van der Waals surface area contributed by atoms with Gasteiger partial charge in [-0.15, -0.1) is 0 Å². The second kappa shape index (κ2) is 9.25. The van der Waals surface area contributed by atoms with Crippen molar-refractivity contribution in [3.63, 3.8) is 0 Å². The third-order valence-electron chi connectivity index (χ3n) is 5.48. The van der Waals surface area contributed by atoms with E-state index >= 15 is 0 Å². The van der Waals surface area contributed by atoms with Crippen LogP contribution in [0.1, 0.15) is 36.6 Å².